The summed E-state index contributed by atoms with van der Waals surface area (Å²) >= 11 is 5.10. The molecule has 20 heavy (non-hydrogen) atoms. The number of halogens is 1. The first-order chi connectivity index (χ1) is 9.47. The van der Waals surface area contributed by atoms with Crippen molar-refractivity contribution >= 4 is 28.8 Å². The Morgan fingerprint density at radius 1 is 1.45 bits per heavy atom. The number of nitrogens with two attached hydrogens (primary N) is 1. The summed E-state index contributed by atoms with van der Waals surface area (Å²) in [6.45, 7) is 0.889. The monoisotopic (exact) mass is 296 g/mol. The van der Waals surface area contributed by atoms with E-state index in [0.717, 1.165) is 0 Å². The number of carbonyl (C=O) groups is 1. The third kappa shape index (κ3) is 2.66. The summed E-state index contributed by atoms with van der Waals surface area (Å²) in [6.07, 6.45) is 0.918. The Bertz CT molecular complexity index is 530. The number of carbonyl (C=O) groups excluding carboxylic acids is 1. The highest BCUT2D eigenvalue weighted by molar-refractivity contribution is 7.80. The van der Waals surface area contributed by atoms with Crippen LogP contribution in [0.3, 0.4) is 0 Å². The van der Waals surface area contributed by atoms with Gasteiger partial charge < -0.3 is 15.4 Å². The lowest BCUT2D eigenvalue weighted by atomic mass is 9.78. The summed E-state index contributed by atoms with van der Waals surface area (Å²) in [5.41, 5.74) is 5.39. The zero-order valence-electron chi connectivity index (χ0n) is 11.3. The van der Waals surface area contributed by atoms with E-state index in [2.05, 4.69) is 0 Å². The van der Waals surface area contributed by atoms with Gasteiger partial charge in [0.1, 0.15) is 11.2 Å². The third-order valence-electron chi connectivity index (χ3n) is 3.73. The van der Waals surface area contributed by atoms with Gasteiger partial charge in [-0.15, -0.1) is 0 Å². The molecule has 2 N–H and O–H groups in total. The van der Waals surface area contributed by atoms with Gasteiger partial charge in [0.15, 0.2) is 0 Å². The summed E-state index contributed by atoms with van der Waals surface area (Å²) in [5.74, 6) is -0.600. The standard InChI is InChI=1S/C14H17FN2O2S/c1-17(11-4-2-3-10(15)9-11)13(18)14(12(16)20)5-7-19-8-6-14/h2-4,9H,5-8H2,1H3,(H2,16,20). The van der Waals surface area contributed by atoms with Crippen LogP contribution in [0.25, 0.3) is 0 Å². The van der Waals surface area contributed by atoms with Crippen LogP contribution in [0.4, 0.5) is 10.1 Å². The Kier molecular flexibility index (Phi) is 4.35. The molecule has 0 radical (unpaired) electrons. The van der Waals surface area contributed by atoms with Crippen molar-refractivity contribution in [2.24, 2.45) is 11.1 Å². The molecule has 0 atom stereocenters. The smallest absolute Gasteiger partial charge is 0.239 e. The molecule has 1 fully saturated rings. The summed E-state index contributed by atoms with van der Waals surface area (Å²) in [5, 5.41) is 0. The lowest BCUT2D eigenvalue weighted by Gasteiger charge is -2.37. The zero-order valence-corrected chi connectivity index (χ0v) is 12.1. The molecular weight excluding hydrogens is 279 g/mol. The molecule has 0 aromatic heterocycles. The van der Waals surface area contributed by atoms with Crippen molar-refractivity contribution in [3.63, 3.8) is 0 Å². The summed E-state index contributed by atoms with van der Waals surface area (Å²) in [6, 6.07) is 5.88. The number of amides is 1. The molecule has 108 valence electrons. The van der Waals surface area contributed by atoms with Crippen LogP contribution in [0.5, 0.6) is 0 Å². The minimum Gasteiger partial charge on any atom is -0.392 e. The van der Waals surface area contributed by atoms with Crippen molar-refractivity contribution < 1.29 is 13.9 Å². The second-order valence-electron chi connectivity index (χ2n) is 4.90. The quantitative estimate of drug-likeness (QED) is 0.865. The van der Waals surface area contributed by atoms with E-state index in [-0.39, 0.29) is 10.9 Å². The van der Waals surface area contributed by atoms with Crippen LogP contribution in [0.1, 0.15) is 12.8 Å². The zero-order chi connectivity index (χ0) is 14.8. The van der Waals surface area contributed by atoms with E-state index in [1.54, 1.807) is 19.2 Å². The normalized spacial score (nSPS) is 17.5. The SMILES string of the molecule is CN(C(=O)C1(C(N)=S)CCOCC1)c1cccc(F)c1. The summed E-state index contributed by atoms with van der Waals surface area (Å²) < 4.78 is 18.6. The van der Waals surface area contributed by atoms with Gasteiger partial charge in [0.05, 0.1) is 4.99 Å². The number of benzene rings is 1. The van der Waals surface area contributed by atoms with Crippen LogP contribution < -0.4 is 10.6 Å². The largest absolute Gasteiger partial charge is 0.392 e. The van der Waals surface area contributed by atoms with Gasteiger partial charge in [-0.3, -0.25) is 4.79 Å². The highest BCUT2D eigenvalue weighted by Gasteiger charge is 2.44. The summed E-state index contributed by atoms with van der Waals surface area (Å²) in [7, 11) is 1.60. The van der Waals surface area contributed by atoms with Crippen LogP contribution >= 0.6 is 12.2 Å². The Balaban J connectivity index is 2.30. The van der Waals surface area contributed by atoms with E-state index in [9.17, 15) is 9.18 Å². The highest BCUT2D eigenvalue weighted by Crippen LogP contribution is 2.34. The molecule has 1 aromatic rings. The Morgan fingerprint density at radius 3 is 2.65 bits per heavy atom. The van der Waals surface area contributed by atoms with Gasteiger partial charge in [0.2, 0.25) is 5.91 Å². The highest BCUT2D eigenvalue weighted by atomic mass is 32.1. The number of rotatable bonds is 3. The van der Waals surface area contributed by atoms with E-state index in [4.69, 9.17) is 22.7 Å². The molecule has 6 heteroatoms. The molecule has 0 bridgehead atoms. The van der Waals surface area contributed by atoms with Crippen molar-refractivity contribution in [2.45, 2.75) is 12.8 Å². The van der Waals surface area contributed by atoms with E-state index >= 15 is 0 Å². The lowest BCUT2D eigenvalue weighted by Crippen LogP contribution is -2.52. The first-order valence-corrected chi connectivity index (χ1v) is 6.79. The molecular formula is C14H17FN2O2S. The number of thiocarbonyl (C=S) groups is 1. The Morgan fingerprint density at radius 2 is 2.10 bits per heavy atom. The number of anilines is 1. The van der Waals surface area contributed by atoms with E-state index in [0.29, 0.717) is 31.7 Å². The third-order valence-corrected chi connectivity index (χ3v) is 4.12. The fourth-order valence-electron chi connectivity index (χ4n) is 2.41. The van der Waals surface area contributed by atoms with Crippen LogP contribution in [0.15, 0.2) is 24.3 Å². The molecule has 0 saturated carbocycles. The topological polar surface area (TPSA) is 55.6 Å². The predicted octanol–water partition coefficient (Wildman–Crippen LogP) is 1.87. The van der Waals surface area contributed by atoms with Gasteiger partial charge in [-0.05, 0) is 31.0 Å². The second kappa shape index (κ2) is 5.85. The molecule has 1 heterocycles. The van der Waals surface area contributed by atoms with Crippen LogP contribution in [-0.2, 0) is 9.53 Å². The summed E-state index contributed by atoms with van der Waals surface area (Å²) in [4.78, 5) is 14.3. The molecule has 1 saturated heterocycles. The average Bonchev–Trinajstić information content (AvgIpc) is 2.46. The minimum absolute atomic E-state index is 0.175. The van der Waals surface area contributed by atoms with Crippen molar-refractivity contribution in [3.05, 3.63) is 30.1 Å². The lowest BCUT2D eigenvalue weighted by molar-refractivity contribution is -0.128. The Labute approximate surface area is 122 Å². The maximum atomic E-state index is 13.3. The molecule has 1 aliphatic rings. The number of hydrogen-bond donors (Lipinski definition) is 1. The van der Waals surface area contributed by atoms with Gasteiger partial charge >= 0.3 is 0 Å². The minimum atomic E-state index is -0.894. The van der Waals surface area contributed by atoms with Crippen molar-refractivity contribution in [2.75, 3.05) is 25.2 Å². The number of ether oxygens (including phenoxy) is 1. The molecule has 0 spiro atoms. The van der Waals surface area contributed by atoms with Crippen LogP contribution in [-0.4, -0.2) is 31.2 Å². The molecule has 1 amide bonds. The van der Waals surface area contributed by atoms with Crippen molar-refractivity contribution in [1.29, 1.82) is 0 Å². The van der Waals surface area contributed by atoms with Crippen molar-refractivity contribution in [1.82, 2.24) is 0 Å². The molecule has 0 unspecified atom stereocenters. The van der Waals surface area contributed by atoms with Gasteiger partial charge in [0.25, 0.3) is 0 Å². The average molecular weight is 296 g/mol. The maximum absolute atomic E-state index is 13.3. The van der Waals surface area contributed by atoms with Gasteiger partial charge in [-0.2, -0.15) is 0 Å². The van der Waals surface area contributed by atoms with Gasteiger partial charge in [-0.1, -0.05) is 18.3 Å². The van der Waals surface area contributed by atoms with Gasteiger partial charge in [-0.25, -0.2) is 4.39 Å². The van der Waals surface area contributed by atoms with E-state index in [1.807, 2.05) is 0 Å². The fraction of sp³-hybridized carbons (Fsp3) is 0.429. The van der Waals surface area contributed by atoms with Crippen LogP contribution in [0.2, 0.25) is 0 Å². The fourth-order valence-corrected chi connectivity index (χ4v) is 2.70. The molecule has 1 aliphatic heterocycles. The molecule has 1 aromatic carbocycles. The number of nitrogens with zero attached hydrogens (tertiary/aromatic N) is 1. The predicted molar refractivity (Wildman–Crippen MR) is 79.1 cm³/mol. The second-order valence-corrected chi connectivity index (χ2v) is 5.34. The van der Waals surface area contributed by atoms with Gasteiger partial charge in [0, 0.05) is 25.9 Å². The maximum Gasteiger partial charge on any atom is 0.239 e. The van der Waals surface area contributed by atoms with Crippen LogP contribution in [0, 0.1) is 11.2 Å². The molecule has 2 rings (SSSR count). The molecule has 4 nitrogen and oxygen atoms in total. The van der Waals surface area contributed by atoms with Crippen molar-refractivity contribution in [3.8, 4) is 0 Å². The Hall–Kier alpha value is -1.53. The first-order valence-electron chi connectivity index (χ1n) is 6.39. The molecule has 0 aliphatic carbocycles. The van der Waals surface area contributed by atoms with E-state index in [1.165, 1.54) is 17.0 Å². The first kappa shape index (κ1) is 14.9. The van der Waals surface area contributed by atoms with E-state index < -0.39 is 11.2 Å². The number of hydrogen-bond acceptors (Lipinski definition) is 3.